The topological polar surface area (TPSA) is 36.4 Å². The molecule has 0 amide bonds. The van der Waals surface area contributed by atoms with Gasteiger partial charge in [-0.1, -0.05) is 13.8 Å². The van der Waals surface area contributed by atoms with E-state index in [1.54, 1.807) is 0 Å². The molecule has 0 aromatic carbocycles. The molecule has 0 radical (unpaired) electrons. The van der Waals surface area contributed by atoms with Gasteiger partial charge in [0, 0.05) is 18.2 Å². The van der Waals surface area contributed by atoms with Crippen LogP contribution in [0.15, 0.2) is 12.3 Å². The molecule has 1 saturated heterocycles. The van der Waals surface area contributed by atoms with Gasteiger partial charge in [0.05, 0.1) is 12.8 Å². The fraction of sp³-hybridized carbons (Fsp3) is 0.615. The largest absolute Gasteiger partial charge is 0.392 e. The van der Waals surface area contributed by atoms with Crippen molar-refractivity contribution in [3.8, 4) is 0 Å². The van der Waals surface area contributed by atoms with Crippen LogP contribution in [-0.4, -0.2) is 22.7 Å². The van der Waals surface area contributed by atoms with E-state index in [0.29, 0.717) is 17.5 Å². The Labute approximate surface area is 101 Å². The highest BCUT2D eigenvalue weighted by Gasteiger charge is 2.29. The SMILES string of the molecule is CC(C)C1CCCN1c1ncc(F)cc1CO. The third kappa shape index (κ3) is 2.41. The number of hydrogen-bond donors (Lipinski definition) is 1. The van der Waals surface area contributed by atoms with Gasteiger partial charge in [-0.05, 0) is 24.8 Å². The average molecular weight is 238 g/mol. The van der Waals surface area contributed by atoms with Crippen molar-refractivity contribution in [2.75, 3.05) is 11.4 Å². The molecule has 2 heterocycles. The molecular weight excluding hydrogens is 219 g/mol. The van der Waals surface area contributed by atoms with Crippen molar-refractivity contribution in [2.45, 2.75) is 39.3 Å². The zero-order valence-electron chi connectivity index (χ0n) is 10.4. The van der Waals surface area contributed by atoms with E-state index >= 15 is 0 Å². The highest BCUT2D eigenvalue weighted by Crippen LogP contribution is 2.30. The maximum atomic E-state index is 13.1. The van der Waals surface area contributed by atoms with Crippen LogP contribution in [0.2, 0.25) is 0 Å². The van der Waals surface area contributed by atoms with Crippen LogP contribution in [0.4, 0.5) is 10.2 Å². The highest BCUT2D eigenvalue weighted by atomic mass is 19.1. The lowest BCUT2D eigenvalue weighted by molar-refractivity contribution is 0.280. The second kappa shape index (κ2) is 5.00. The molecule has 1 aromatic heterocycles. The standard InChI is InChI=1S/C13H19FN2O/c1-9(2)12-4-3-5-16(12)13-10(8-17)6-11(14)7-15-13/h6-7,9,12,17H,3-5,8H2,1-2H3. The highest BCUT2D eigenvalue weighted by molar-refractivity contribution is 5.48. The summed E-state index contributed by atoms with van der Waals surface area (Å²) in [5.74, 6) is 0.888. The van der Waals surface area contributed by atoms with E-state index in [4.69, 9.17) is 0 Å². The molecule has 0 spiro atoms. The van der Waals surface area contributed by atoms with Gasteiger partial charge in [-0.2, -0.15) is 0 Å². The van der Waals surface area contributed by atoms with Crippen molar-refractivity contribution in [2.24, 2.45) is 5.92 Å². The van der Waals surface area contributed by atoms with Crippen LogP contribution in [0.5, 0.6) is 0 Å². The molecule has 1 N–H and O–H groups in total. The quantitative estimate of drug-likeness (QED) is 0.878. The Morgan fingerprint density at radius 1 is 1.59 bits per heavy atom. The lowest BCUT2D eigenvalue weighted by Gasteiger charge is -2.30. The van der Waals surface area contributed by atoms with E-state index in [2.05, 4.69) is 23.7 Å². The number of halogens is 1. The van der Waals surface area contributed by atoms with Crippen LogP contribution < -0.4 is 4.90 Å². The fourth-order valence-corrected chi connectivity index (χ4v) is 2.60. The van der Waals surface area contributed by atoms with Gasteiger partial charge in [0.15, 0.2) is 0 Å². The smallest absolute Gasteiger partial charge is 0.142 e. The lowest BCUT2D eigenvalue weighted by atomic mass is 10.0. The number of anilines is 1. The first kappa shape index (κ1) is 12.3. The third-order valence-electron chi connectivity index (χ3n) is 3.42. The molecule has 2 rings (SSSR count). The third-order valence-corrected chi connectivity index (χ3v) is 3.42. The van der Waals surface area contributed by atoms with Crippen molar-refractivity contribution in [3.05, 3.63) is 23.6 Å². The molecule has 1 atom stereocenters. The van der Waals surface area contributed by atoms with E-state index in [-0.39, 0.29) is 6.61 Å². The van der Waals surface area contributed by atoms with Gasteiger partial charge in [0.1, 0.15) is 11.6 Å². The molecule has 1 unspecified atom stereocenters. The molecule has 0 aliphatic carbocycles. The molecule has 3 nitrogen and oxygen atoms in total. The Kier molecular flexibility index (Phi) is 3.62. The minimum atomic E-state index is -0.391. The van der Waals surface area contributed by atoms with Gasteiger partial charge in [0.25, 0.3) is 0 Å². The van der Waals surface area contributed by atoms with Crippen molar-refractivity contribution < 1.29 is 9.50 Å². The molecule has 1 aliphatic rings. The Hall–Kier alpha value is -1.16. The first-order valence-corrected chi connectivity index (χ1v) is 6.15. The van der Waals surface area contributed by atoms with Gasteiger partial charge < -0.3 is 10.0 Å². The van der Waals surface area contributed by atoms with Crippen molar-refractivity contribution in [1.82, 2.24) is 4.98 Å². The summed E-state index contributed by atoms with van der Waals surface area (Å²) in [5, 5.41) is 9.29. The number of pyridine rings is 1. The number of nitrogens with zero attached hydrogens (tertiary/aromatic N) is 2. The Morgan fingerprint density at radius 2 is 2.35 bits per heavy atom. The van der Waals surface area contributed by atoms with Crippen molar-refractivity contribution >= 4 is 5.82 Å². The van der Waals surface area contributed by atoms with E-state index in [1.165, 1.54) is 12.3 Å². The first-order chi connectivity index (χ1) is 8.13. The molecule has 1 fully saturated rings. The molecule has 0 bridgehead atoms. The second-order valence-electron chi connectivity index (χ2n) is 4.94. The summed E-state index contributed by atoms with van der Waals surface area (Å²) in [4.78, 5) is 6.36. The normalized spacial score (nSPS) is 20.3. The number of rotatable bonds is 3. The first-order valence-electron chi connectivity index (χ1n) is 6.15. The van der Waals surface area contributed by atoms with Crippen LogP contribution in [0.25, 0.3) is 0 Å². The predicted octanol–water partition coefficient (Wildman–Crippen LogP) is 2.34. The Morgan fingerprint density at radius 3 is 3.00 bits per heavy atom. The van der Waals surface area contributed by atoms with Crippen LogP contribution in [0.3, 0.4) is 0 Å². The van der Waals surface area contributed by atoms with Crippen LogP contribution in [0.1, 0.15) is 32.3 Å². The van der Waals surface area contributed by atoms with Gasteiger partial charge in [-0.3, -0.25) is 0 Å². The van der Waals surface area contributed by atoms with E-state index in [1.807, 2.05) is 0 Å². The lowest BCUT2D eigenvalue weighted by Crippen LogP contribution is -2.34. The van der Waals surface area contributed by atoms with Gasteiger partial charge in [-0.15, -0.1) is 0 Å². The molecule has 1 aliphatic heterocycles. The van der Waals surface area contributed by atoms with Crippen molar-refractivity contribution in [1.29, 1.82) is 0 Å². The molecular formula is C13H19FN2O. The van der Waals surface area contributed by atoms with E-state index in [9.17, 15) is 9.50 Å². The Bertz CT molecular complexity index is 395. The van der Waals surface area contributed by atoms with Crippen LogP contribution in [0, 0.1) is 11.7 Å². The summed E-state index contributed by atoms with van der Waals surface area (Å²) >= 11 is 0. The van der Waals surface area contributed by atoms with Gasteiger partial charge >= 0.3 is 0 Å². The average Bonchev–Trinajstić information content (AvgIpc) is 2.77. The van der Waals surface area contributed by atoms with Gasteiger partial charge in [-0.25, -0.2) is 9.37 Å². The molecule has 0 saturated carbocycles. The summed E-state index contributed by atoms with van der Waals surface area (Å²) in [7, 11) is 0. The second-order valence-corrected chi connectivity index (χ2v) is 4.94. The minimum absolute atomic E-state index is 0.165. The zero-order valence-corrected chi connectivity index (χ0v) is 10.4. The number of hydrogen-bond acceptors (Lipinski definition) is 3. The summed E-state index contributed by atoms with van der Waals surface area (Å²) < 4.78 is 13.1. The monoisotopic (exact) mass is 238 g/mol. The predicted molar refractivity (Wildman–Crippen MR) is 65.3 cm³/mol. The molecule has 94 valence electrons. The molecule has 1 aromatic rings. The zero-order chi connectivity index (χ0) is 12.4. The van der Waals surface area contributed by atoms with E-state index < -0.39 is 5.82 Å². The number of aliphatic hydroxyl groups is 1. The maximum absolute atomic E-state index is 13.1. The number of aromatic nitrogens is 1. The van der Waals surface area contributed by atoms with Gasteiger partial charge in [0.2, 0.25) is 0 Å². The summed E-state index contributed by atoms with van der Waals surface area (Å²) in [6.07, 6.45) is 3.50. The maximum Gasteiger partial charge on any atom is 0.142 e. The Balaban J connectivity index is 2.32. The van der Waals surface area contributed by atoms with Crippen LogP contribution >= 0.6 is 0 Å². The summed E-state index contributed by atoms with van der Waals surface area (Å²) in [6.45, 7) is 5.14. The van der Waals surface area contributed by atoms with Crippen LogP contribution in [-0.2, 0) is 6.61 Å². The fourth-order valence-electron chi connectivity index (χ4n) is 2.60. The molecule has 17 heavy (non-hydrogen) atoms. The van der Waals surface area contributed by atoms with E-state index in [0.717, 1.165) is 25.2 Å². The van der Waals surface area contributed by atoms with Crippen molar-refractivity contribution in [3.63, 3.8) is 0 Å². The minimum Gasteiger partial charge on any atom is -0.392 e. The number of aliphatic hydroxyl groups excluding tert-OH is 1. The summed E-state index contributed by atoms with van der Waals surface area (Å²) in [6, 6.07) is 1.82. The molecule has 4 heteroatoms. The summed E-state index contributed by atoms with van der Waals surface area (Å²) in [5.41, 5.74) is 0.581.